The third-order valence-corrected chi connectivity index (χ3v) is 6.91. The van der Waals surface area contributed by atoms with Crippen LogP contribution in [0.25, 0.3) is 0 Å². The molecule has 0 amide bonds. The van der Waals surface area contributed by atoms with Gasteiger partial charge in [0.1, 0.15) is 30.0 Å². The van der Waals surface area contributed by atoms with Gasteiger partial charge in [0.2, 0.25) is 0 Å². The molecule has 0 bridgehead atoms. The Bertz CT molecular complexity index is 1170. The normalized spacial score (nSPS) is 11.9. The van der Waals surface area contributed by atoms with E-state index in [2.05, 4.69) is 53.4 Å². The molecule has 0 aliphatic carbocycles. The number of hydrogen-bond acceptors (Lipinski definition) is 5. The molecule has 5 heteroatoms. The summed E-state index contributed by atoms with van der Waals surface area (Å²) in [5.41, 5.74) is 3.74. The Morgan fingerprint density at radius 3 is 1.74 bits per heavy atom. The van der Waals surface area contributed by atoms with Crippen molar-refractivity contribution in [1.29, 1.82) is 0 Å². The maximum Gasteiger partial charge on any atom is 0.119 e. The quantitative estimate of drug-likeness (QED) is 0.191. The van der Waals surface area contributed by atoms with E-state index in [1.165, 1.54) is 16.7 Å². The first-order valence-corrected chi connectivity index (χ1v) is 13.5. The highest BCUT2D eigenvalue weighted by molar-refractivity contribution is 5.38. The summed E-state index contributed by atoms with van der Waals surface area (Å²) in [7, 11) is 3.38. The van der Waals surface area contributed by atoms with E-state index in [0.29, 0.717) is 6.54 Å². The summed E-state index contributed by atoms with van der Waals surface area (Å²) in [6.45, 7) is 2.44. The summed E-state index contributed by atoms with van der Waals surface area (Å²) >= 11 is 0. The number of methoxy groups -OCH3 is 2. The summed E-state index contributed by atoms with van der Waals surface area (Å²) in [4.78, 5) is 2.33. The van der Waals surface area contributed by atoms with Crippen LogP contribution in [0.1, 0.15) is 35.4 Å². The predicted octanol–water partition coefficient (Wildman–Crippen LogP) is 6.56. The van der Waals surface area contributed by atoms with Crippen molar-refractivity contribution in [1.82, 2.24) is 4.90 Å². The van der Waals surface area contributed by atoms with Crippen LogP contribution in [0.15, 0.2) is 109 Å². The van der Waals surface area contributed by atoms with Crippen LogP contribution >= 0.6 is 0 Å². The molecule has 0 fully saturated rings. The fourth-order valence-electron chi connectivity index (χ4n) is 4.85. The topological polar surface area (TPSA) is 51.2 Å². The third kappa shape index (κ3) is 8.88. The molecule has 0 aliphatic rings. The molecule has 1 atom stereocenters. The van der Waals surface area contributed by atoms with Crippen molar-refractivity contribution in [2.45, 2.75) is 31.4 Å². The SMILES string of the molecule is COc1ccc(C(CCCN(Cc2ccccc2)C[C@H](O)COc2ccccc2)c2ccc(OC)cc2)cc1. The van der Waals surface area contributed by atoms with Crippen LogP contribution in [0.3, 0.4) is 0 Å². The number of nitrogens with zero attached hydrogens (tertiary/aromatic N) is 1. The van der Waals surface area contributed by atoms with Gasteiger partial charge in [0, 0.05) is 19.0 Å². The second-order valence-corrected chi connectivity index (χ2v) is 9.74. The molecule has 0 aliphatic heterocycles. The molecule has 39 heavy (non-hydrogen) atoms. The van der Waals surface area contributed by atoms with Gasteiger partial charge in [-0.1, -0.05) is 72.8 Å². The number of rotatable bonds is 15. The first-order valence-electron chi connectivity index (χ1n) is 13.5. The van der Waals surface area contributed by atoms with Gasteiger partial charge in [-0.25, -0.2) is 0 Å². The van der Waals surface area contributed by atoms with Crippen molar-refractivity contribution < 1.29 is 19.3 Å². The largest absolute Gasteiger partial charge is 0.497 e. The lowest BCUT2D eigenvalue weighted by Gasteiger charge is -2.26. The van der Waals surface area contributed by atoms with Crippen LogP contribution in [0.2, 0.25) is 0 Å². The van der Waals surface area contributed by atoms with Crippen molar-refractivity contribution in [3.05, 3.63) is 126 Å². The van der Waals surface area contributed by atoms with Gasteiger partial charge in [0.05, 0.1) is 14.2 Å². The molecule has 0 heterocycles. The van der Waals surface area contributed by atoms with Crippen molar-refractivity contribution in [3.63, 3.8) is 0 Å². The molecule has 0 aromatic heterocycles. The van der Waals surface area contributed by atoms with Crippen LogP contribution in [-0.4, -0.2) is 50.0 Å². The zero-order valence-corrected chi connectivity index (χ0v) is 22.9. The first kappa shape index (κ1) is 28.2. The lowest BCUT2D eigenvalue weighted by Crippen LogP contribution is -2.36. The number of ether oxygens (including phenoxy) is 3. The van der Waals surface area contributed by atoms with Gasteiger partial charge < -0.3 is 19.3 Å². The lowest BCUT2D eigenvalue weighted by molar-refractivity contribution is 0.0648. The summed E-state index contributed by atoms with van der Waals surface area (Å²) in [6, 6.07) is 36.8. The van der Waals surface area contributed by atoms with Gasteiger partial charge >= 0.3 is 0 Å². The molecule has 4 aromatic carbocycles. The van der Waals surface area contributed by atoms with Gasteiger partial charge in [-0.05, 0) is 72.5 Å². The molecule has 0 saturated carbocycles. The monoisotopic (exact) mass is 525 g/mol. The highest BCUT2D eigenvalue weighted by Gasteiger charge is 2.18. The zero-order chi connectivity index (χ0) is 27.3. The molecule has 0 unspecified atom stereocenters. The maximum absolute atomic E-state index is 10.8. The van der Waals surface area contributed by atoms with Crippen molar-refractivity contribution >= 4 is 0 Å². The maximum atomic E-state index is 10.8. The average molecular weight is 526 g/mol. The Hall–Kier alpha value is -3.80. The van der Waals surface area contributed by atoms with Crippen LogP contribution in [0.5, 0.6) is 17.2 Å². The molecular formula is C34H39NO4. The molecule has 4 rings (SSSR count). The van der Waals surface area contributed by atoms with Crippen LogP contribution in [0, 0.1) is 0 Å². The minimum atomic E-state index is -0.590. The lowest BCUT2D eigenvalue weighted by atomic mass is 9.87. The van der Waals surface area contributed by atoms with Crippen LogP contribution < -0.4 is 14.2 Å². The summed E-state index contributed by atoms with van der Waals surface area (Å²) in [6.07, 6.45) is 1.36. The third-order valence-electron chi connectivity index (χ3n) is 6.91. The highest BCUT2D eigenvalue weighted by Crippen LogP contribution is 2.32. The van der Waals surface area contributed by atoms with E-state index in [-0.39, 0.29) is 12.5 Å². The van der Waals surface area contributed by atoms with Crippen molar-refractivity contribution in [2.24, 2.45) is 0 Å². The highest BCUT2D eigenvalue weighted by atomic mass is 16.5. The average Bonchev–Trinajstić information content (AvgIpc) is 2.99. The Labute approximate surface area is 232 Å². The molecule has 5 nitrogen and oxygen atoms in total. The molecular weight excluding hydrogens is 486 g/mol. The number of benzene rings is 4. The molecule has 4 aromatic rings. The zero-order valence-electron chi connectivity index (χ0n) is 22.9. The van der Waals surface area contributed by atoms with Gasteiger partial charge in [0.25, 0.3) is 0 Å². The Morgan fingerprint density at radius 1 is 0.667 bits per heavy atom. The number of aliphatic hydroxyl groups excluding tert-OH is 1. The minimum absolute atomic E-state index is 0.242. The van der Waals surface area contributed by atoms with E-state index in [4.69, 9.17) is 14.2 Å². The van der Waals surface area contributed by atoms with E-state index in [9.17, 15) is 5.11 Å². The van der Waals surface area contributed by atoms with E-state index in [1.807, 2.05) is 60.7 Å². The van der Waals surface area contributed by atoms with E-state index < -0.39 is 6.10 Å². The minimum Gasteiger partial charge on any atom is -0.497 e. The summed E-state index contributed by atoms with van der Waals surface area (Å²) < 4.78 is 16.6. The fourth-order valence-corrected chi connectivity index (χ4v) is 4.85. The number of hydrogen-bond donors (Lipinski definition) is 1. The summed E-state index contributed by atoms with van der Waals surface area (Å²) in [5, 5.41) is 10.8. The molecule has 0 saturated heterocycles. The first-order chi connectivity index (χ1) is 19.1. The van der Waals surface area contributed by atoms with Gasteiger partial charge in [-0.15, -0.1) is 0 Å². The van der Waals surface area contributed by atoms with Crippen LogP contribution in [-0.2, 0) is 6.54 Å². The number of aliphatic hydroxyl groups is 1. The van der Waals surface area contributed by atoms with Gasteiger partial charge in [-0.3, -0.25) is 4.90 Å². The van der Waals surface area contributed by atoms with E-state index in [1.54, 1.807) is 14.2 Å². The smallest absolute Gasteiger partial charge is 0.119 e. The molecule has 0 spiro atoms. The Kier molecular flexibility index (Phi) is 10.8. The summed E-state index contributed by atoms with van der Waals surface area (Å²) in [5.74, 6) is 2.72. The van der Waals surface area contributed by atoms with E-state index >= 15 is 0 Å². The van der Waals surface area contributed by atoms with Gasteiger partial charge in [-0.2, -0.15) is 0 Å². The van der Waals surface area contributed by atoms with Crippen molar-refractivity contribution in [2.75, 3.05) is 33.9 Å². The molecule has 204 valence electrons. The molecule has 1 N–H and O–H groups in total. The fraction of sp³-hybridized carbons (Fsp3) is 0.294. The van der Waals surface area contributed by atoms with E-state index in [0.717, 1.165) is 43.2 Å². The predicted molar refractivity (Wildman–Crippen MR) is 157 cm³/mol. The Balaban J connectivity index is 1.43. The van der Waals surface area contributed by atoms with Crippen molar-refractivity contribution in [3.8, 4) is 17.2 Å². The second kappa shape index (κ2) is 15.0. The second-order valence-electron chi connectivity index (χ2n) is 9.74. The Morgan fingerprint density at radius 2 is 1.21 bits per heavy atom. The standard InChI is InChI=1S/C34H39NO4/c1-37-31-19-15-28(16-20-31)34(29-17-21-32(38-2)22-18-29)14-9-23-35(24-27-10-5-3-6-11-27)25-30(36)26-39-33-12-7-4-8-13-33/h3-8,10-13,15-22,30,34,36H,9,14,23-26H2,1-2H3/t30-/m0/s1. The molecule has 0 radical (unpaired) electrons. The number of para-hydroxylation sites is 1. The van der Waals surface area contributed by atoms with Gasteiger partial charge in [0.15, 0.2) is 0 Å². The van der Waals surface area contributed by atoms with Crippen LogP contribution in [0.4, 0.5) is 0 Å².